The number of ketones is 1. The van der Waals surface area contributed by atoms with Crippen LogP contribution < -0.4 is 5.32 Å². The third kappa shape index (κ3) is 4.69. The lowest BCUT2D eigenvalue weighted by atomic mass is 9.46. The van der Waals surface area contributed by atoms with Crippen molar-refractivity contribution in [2.75, 3.05) is 6.61 Å². The van der Waals surface area contributed by atoms with Gasteiger partial charge in [0.2, 0.25) is 0 Å². The van der Waals surface area contributed by atoms with E-state index in [9.17, 15) is 19.5 Å². The maximum atomic E-state index is 12.4. The van der Waals surface area contributed by atoms with Gasteiger partial charge in [0.1, 0.15) is 5.78 Å². The second-order valence-corrected chi connectivity index (χ2v) is 12.4. The Kier molecular flexibility index (Phi) is 7.23. The first kappa shape index (κ1) is 26.6. The molecule has 0 aliphatic heterocycles. The number of aliphatic carboxylic acids is 1. The van der Waals surface area contributed by atoms with Gasteiger partial charge in [-0.1, -0.05) is 54.9 Å². The van der Waals surface area contributed by atoms with Crippen LogP contribution in [0.4, 0.5) is 0 Å². The Labute approximate surface area is 225 Å². The summed E-state index contributed by atoms with van der Waals surface area (Å²) >= 11 is 0. The van der Waals surface area contributed by atoms with Crippen LogP contribution in [0.1, 0.15) is 83.7 Å². The standard InChI is InChI=1S/C31H40N2O5/c1-19(34)24-11-12-25-23-10-9-21-17-22(13-15-30(21,2)26(23)14-16-31(24,25)3)33-38-18-27(35)32-28(29(36)37)20-7-5-4-6-8-20/h4-8,17,23-26,28H,9-16,18H2,1-3H3,(H,32,35)(H,36,37)/t23-,24-,25+,26+,28+,30-,31+/m0/s1. The summed E-state index contributed by atoms with van der Waals surface area (Å²) in [5.41, 5.74) is 3.11. The topological polar surface area (TPSA) is 105 Å². The highest BCUT2D eigenvalue weighted by Crippen LogP contribution is 2.66. The fourth-order valence-electron chi connectivity index (χ4n) is 8.62. The van der Waals surface area contributed by atoms with Crippen molar-refractivity contribution < 1.29 is 24.3 Å². The molecule has 0 heterocycles. The molecule has 0 aromatic heterocycles. The molecule has 0 radical (unpaired) electrons. The van der Waals surface area contributed by atoms with Crippen LogP contribution in [-0.2, 0) is 19.2 Å². The molecule has 1 aromatic rings. The number of hydrogen-bond acceptors (Lipinski definition) is 5. The van der Waals surface area contributed by atoms with E-state index in [0.717, 1.165) is 37.8 Å². The highest BCUT2D eigenvalue weighted by Gasteiger charge is 2.59. The van der Waals surface area contributed by atoms with Gasteiger partial charge >= 0.3 is 5.97 Å². The van der Waals surface area contributed by atoms with Crippen molar-refractivity contribution in [3.63, 3.8) is 0 Å². The summed E-state index contributed by atoms with van der Waals surface area (Å²) in [7, 11) is 0. The number of amides is 1. The van der Waals surface area contributed by atoms with Gasteiger partial charge in [-0.3, -0.25) is 9.59 Å². The molecule has 4 aliphatic rings. The average molecular weight is 521 g/mol. The van der Waals surface area contributed by atoms with Crippen LogP contribution in [0.5, 0.6) is 0 Å². The van der Waals surface area contributed by atoms with Gasteiger partial charge in [-0.05, 0) is 98.5 Å². The Bertz CT molecular complexity index is 1160. The number of carbonyl (C=O) groups excluding carboxylic acids is 2. The van der Waals surface area contributed by atoms with E-state index in [1.165, 1.54) is 24.8 Å². The van der Waals surface area contributed by atoms with E-state index in [-0.39, 0.29) is 23.4 Å². The second kappa shape index (κ2) is 10.3. The lowest BCUT2D eigenvalue weighted by molar-refractivity contribution is -0.142. The number of nitrogens with zero attached hydrogens (tertiary/aromatic N) is 1. The highest BCUT2D eigenvalue weighted by atomic mass is 16.6. The van der Waals surface area contributed by atoms with E-state index in [1.54, 1.807) is 37.3 Å². The number of hydrogen-bond donors (Lipinski definition) is 2. The number of fused-ring (bicyclic) bond motifs is 5. The molecule has 7 heteroatoms. The molecule has 7 atom stereocenters. The van der Waals surface area contributed by atoms with E-state index in [0.29, 0.717) is 29.1 Å². The van der Waals surface area contributed by atoms with Crippen LogP contribution in [0.3, 0.4) is 0 Å². The lowest BCUT2D eigenvalue weighted by Gasteiger charge is -2.58. The lowest BCUT2D eigenvalue weighted by Crippen LogP contribution is -2.51. The number of allylic oxidation sites excluding steroid dienone is 2. The Morgan fingerprint density at radius 3 is 2.53 bits per heavy atom. The molecule has 3 fully saturated rings. The van der Waals surface area contributed by atoms with E-state index in [4.69, 9.17) is 4.84 Å². The number of oxime groups is 1. The van der Waals surface area contributed by atoms with Crippen LogP contribution in [0.15, 0.2) is 47.1 Å². The molecule has 1 amide bonds. The van der Waals surface area contributed by atoms with E-state index in [1.807, 2.05) is 0 Å². The predicted octanol–water partition coefficient (Wildman–Crippen LogP) is 5.47. The number of carbonyl (C=O) groups is 3. The van der Waals surface area contributed by atoms with Crippen LogP contribution >= 0.6 is 0 Å². The monoisotopic (exact) mass is 520 g/mol. The van der Waals surface area contributed by atoms with Gasteiger partial charge in [-0.2, -0.15) is 0 Å². The Morgan fingerprint density at radius 2 is 1.82 bits per heavy atom. The third-order valence-electron chi connectivity index (χ3n) is 10.5. The van der Waals surface area contributed by atoms with Crippen molar-refractivity contribution >= 4 is 23.4 Å². The Morgan fingerprint density at radius 1 is 1.05 bits per heavy atom. The maximum absolute atomic E-state index is 12.4. The van der Waals surface area contributed by atoms with Gasteiger partial charge in [-0.25, -0.2) is 4.79 Å². The zero-order valence-electron chi connectivity index (χ0n) is 22.7. The van der Waals surface area contributed by atoms with Gasteiger partial charge in [0, 0.05) is 5.92 Å². The molecule has 4 aliphatic carbocycles. The maximum Gasteiger partial charge on any atom is 0.330 e. The van der Waals surface area contributed by atoms with Crippen molar-refractivity contribution in [1.29, 1.82) is 0 Å². The summed E-state index contributed by atoms with van der Waals surface area (Å²) < 4.78 is 0. The minimum Gasteiger partial charge on any atom is -0.479 e. The summed E-state index contributed by atoms with van der Waals surface area (Å²) in [6.07, 6.45) is 10.8. The Balaban J connectivity index is 1.22. The van der Waals surface area contributed by atoms with Crippen molar-refractivity contribution in [1.82, 2.24) is 5.32 Å². The van der Waals surface area contributed by atoms with E-state index < -0.39 is 17.9 Å². The fraction of sp³-hybridized carbons (Fsp3) is 0.613. The van der Waals surface area contributed by atoms with Gasteiger partial charge in [0.15, 0.2) is 12.6 Å². The summed E-state index contributed by atoms with van der Waals surface area (Å²) in [5.74, 6) is 0.940. The first-order valence-electron chi connectivity index (χ1n) is 14.1. The minimum atomic E-state index is -1.13. The molecular formula is C31H40N2O5. The zero-order valence-corrected chi connectivity index (χ0v) is 22.7. The smallest absolute Gasteiger partial charge is 0.330 e. The number of carboxylic acids is 1. The van der Waals surface area contributed by atoms with Crippen molar-refractivity contribution in [2.24, 2.45) is 39.7 Å². The SMILES string of the molecule is CC(=O)[C@@H]1CC[C@@H]2[C@@H]3CCC4=CC(=NOCC(=O)N[C@@H](C(=O)O)c5ccccc5)CC[C@]4(C)[C@@H]3CC[C@@]21C. The highest BCUT2D eigenvalue weighted by molar-refractivity contribution is 5.96. The van der Waals surface area contributed by atoms with E-state index >= 15 is 0 Å². The molecule has 2 N–H and O–H groups in total. The summed E-state index contributed by atoms with van der Waals surface area (Å²) in [4.78, 5) is 41.8. The molecule has 1 aromatic carbocycles. The van der Waals surface area contributed by atoms with Gasteiger partial charge in [0.05, 0.1) is 5.71 Å². The van der Waals surface area contributed by atoms with Crippen molar-refractivity contribution in [3.8, 4) is 0 Å². The molecule has 204 valence electrons. The summed E-state index contributed by atoms with van der Waals surface area (Å²) in [6, 6.07) is 7.47. The number of nitrogens with one attached hydrogen (secondary N) is 1. The second-order valence-electron chi connectivity index (χ2n) is 12.4. The van der Waals surface area contributed by atoms with Crippen LogP contribution in [0.25, 0.3) is 0 Å². The average Bonchev–Trinajstić information content (AvgIpc) is 3.25. The number of benzene rings is 1. The molecule has 0 unspecified atom stereocenters. The number of rotatable bonds is 7. The molecule has 0 bridgehead atoms. The van der Waals surface area contributed by atoms with Crippen LogP contribution in [0, 0.1) is 34.5 Å². The molecule has 38 heavy (non-hydrogen) atoms. The molecule has 3 saturated carbocycles. The van der Waals surface area contributed by atoms with Gasteiger partial charge in [-0.15, -0.1) is 0 Å². The molecular weight excluding hydrogens is 480 g/mol. The normalized spacial score (nSPS) is 35.8. The predicted molar refractivity (Wildman–Crippen MR) is 144 cm³/mol. The molecule has 7 nitrogen and oxygen atoms in total. The largest absolute Gasteiger partial charge is 0.479 e. The van der Waals surface area contributed by atoms with Gasteiger partial charge < -0.3 is 15.3 Å². The summed E-state index contributed by atoms with van der Waals surface area (Å²) in [5, 5.41) is 16.3. The minimum absolute atomic E-state index is 0.152. The molecule has 0 spiro atoms. The quantitative estimate of drug-likeness (QED) is 0.464. The first-order valence-corrected chi connectivity index (χ1v) is 14.1. The molecule has 0 saturated heterocycles. The first-order chi connectivity index (χ1) is 18.1. The third-order valence-corrected chi connectivity index (χ3v) is 10.5. The molecule has 5 rings (SSSR count). The van der Waals surface area contributed by atoms with Crippen molar-refractivity contribution in [3.05, 3.63) is 47.5 Å². The van der Waals surface area contributed by atoms with Crippen LogP contribution in [0.2, 0.25) is 0 Å². The van der Waals surface area contributed by atoms with E-state index in [2.05, 4.69) is 30.4 Å². The zero-order chi connectivity index (χ0) is 27.1. The summed E-state index contributed by atoms with van der Waals surface area (Å²) in [6.45, 7) is 6.27. The Hall–Kier alpha value is -2.96. The number of Topliss-reactive ketones (excluding diaryl/α,β-unsaturated/α-hetero) is 1. The van der Waals surface area contributed by atoms with Crippen LogP contribution in [-0.4, -0.2) is 35.1 Å². The fourth-order valence-corrected chi connectivity index (χ4v) is 8.62. The number of carboxylic acid groups (broad SMARTS) is 1. The van der Waals surface area contributed by atoms with Gasteiger partial charge in [0.25, 0.3) is 5.91 Å². The van der Waals surface area contributed by atoms with Crippen molar-refractivity contribution in [2.45, 2.75) is 78.2 Å².